The Labute approximate surface area is 145 Å². The average Bonchev–Trinajstić information content (AvgIpc) is 2.59. The lowest BCUT2D eigenvalue weighted by Gasteiger charge is -2.31. The van der Waals surface area contributed by atoms with E-state index < -0.39 is 0 Å². The topological polar surface area (TPSA) is 50.8 Å². The normalized spacial score (nSPS) is 16.1. The summed E-state index contributed by atoms with van der Waals surface area (Å²) in [6, 6.07) is 5.94. The number of hydrogen-bond acceptors (Lipinski definition) is 4. The van der Waals surface area contributed by atoms with Crippen LogP contribution in [0, 0.1) is 12.8 Å². The van der Waals surface area contributed by atoms with Crippen LogP contribution in [-0.4, -0.2) is 57.8 Å². The van der Waals surface area contributed by atoms with Crippen molar-refractivity contribution in [1.29, 1.82) is 0 Å². The number of methoxy groups -OCH3 is 2. The number of ether oxygens (including phenoxy) is 2. The third-order valence-electron chi connectivity index (χ3n) is 4.69. The standard InChI is InChI=1S/C19H30N2O3/c1-15-4-5-18(24-3)17(12-15)13-19(22)20-14-16-6-8-21(9-7-16)10-11-23-2/h4-5,12,16H,6-11,13-14H2,1-3H3,(H,20,22). The molecule has 1 aromatic rings. The molecule has 0 aliphatic carbocycles. The highest BCUT2D eigenvalue weighted by atomic mass is 16.5. The van der Waals surface area contributed by atoms with E-state index in [2.05, 4.69) is 10.2 Å². The number of amides is 1. The van der Waals surface area contributed by atoms with Crippen LogP contribution >= 0.6 is 0 Å². The maximum Gasteiger partial charge on any atom is 0.224 e. The number of likely N-dealkylation sites (tertiary alicyclic amines) is 1. The molecule has 24 heavy (non-hydrogen) atoms. The van der Waals surface area contributed by atoms with Crippen LogP contribution in [0.2, 0.25) is 0 Å². The number of hydrogen-bond donors (Lipinski definition) is 1. The second-order valence-corrected chi connectivity index (χ2v) is 6.57. The fourth-order valence-electron chi connectivity index (χ4n) is 3.17. The van der Waals surface area contributed by atoms with Crippen molar-refractivity contribution in [2.45, 2.75) is 26.2 Å². The van der Waals surface area contributed by atoms with E-state index in [1.165, 1.54) is 0 Å². The molecule has 134 valence electrons. The highest BCUT2D eigenvalue weighted by molar-refractivity contribution is 5.79. The molecule has 0 unspecified atom stereocenters. The Balaban J connectivity index is 1.73. The summed E-state index contributed by atoms with van der Waals surface area (Å²) in [5.74, 6) is 1.43. The monoisotopic (exact) mass is 334 g/mol. The molecule has 1 aliphatic rings. The van der Waals surface area contributed by atoms with E-state index in [1.54, 1.807) is 14.2 Å². The number of piperidine rings is 1. The number of nitrogens with one attached hydrogen (secondary N) is 1. The minimum Gasteiger partial charge on any atom is -0.496 e. The fraction of sp³-hybridized carbons (Fsp3) is 0.632. The van der Waals surface area contributed by atoms with Gasteiger partial charge in [-0.2, -0.15) is 0 Å². The van der Waals surface area contributed by atoms with Crippen LogP contribution in [0.15, 0.2) is 18.2 Å². The maximum atomic E-state index is 12.2. The van der Waals surface area contributed by atoms with E-state index in [4.69, 9.17) is 9.47 Å². The molecular formula is C19H30N2O3. The molecule has 1 amide bonds. The van der Waals surface area contributed by atoms with Gasteiger partial charge in [0.15, 0.2) is 0 Å². The molecule has 0 aromatic heterocycles. The van der Waals surface area contributed by atoms with E-state index in [0.29, 0.717) is 12.3 Å². The molecule has 5 nitrogen and oxygen atoms in total. The second-order valence-electron chi connectivity index (χ2n) is 6.57. The maximum absolute atomic E-state index is 12.2. The number of carbonyl (C=O) groups excluding carboxylic acids is 1. The minimum absolute atomic E-state index is 0.0701. The van der Waals surface area contributed by atoms with Crippen molar-refractivity contribution in [2.75, 3.05) is 47.0 Å². The van der Waals surface area contributed by atoms with Crippen LogP contribution in [0.5, 0.6) is 5.75 Å². The molecular weight excluding hydrogens is 304 g/mol. The molecule has 1 heterocycles. The second kappa shape index (κ2) is 9.64. The summed E-state index contributed by atoms with van der Waals surface area (Å²) >= 11 is 0. The molecule has 2 rings (SSSR count). The van der Waals surface area contributed by atoms with Gasteiger partial charge < -0.3 is 19.7 Å². The van der Waals surface area contributed by atoms with Crippen molar-refractivity contribution in [1.82, 2.24) is 10.2 Å². The first kappa shape index (κ1) is 18.7. The molecule has 0 atom stereocenters. The van der Waals surface area contributed by atoms with Gasteiger partial charge in [-0.15, -0.1) is 0 Å². The minimum atomic E-state index is 0.0701. The zero-order chi connectivity index (χ0) is 17.4. The van der Waals surface area contributed by atoms with E-state index in [9.17, 15) is 4.79 Å². The first-order chi connectivity index (χ1) is 11.6. The molecule has 0 saturated carbocycles. The summed E-state index contributed by atoms with van der Waals surface area (Å²) in [5, 5.41) is 3.09. The highest BCUT2D eigenvalue weighted by Crippen LogP contribution is 2.20. The largest absolute Gasteiger partial charge is 0.496 e. The van der Waals surface area contributed by atoms with Gasteiger partial charge in [0, 0.05) is 25.8 Å². The van der Waals surface area contributed by atoms with Crippen molar-refractivity contribution in [3.63, 3.8) is 0 Å². The Bertz CT molecular complexity index is 525. The smallest absolute Gasteiger partial charge is 0.224 e. The van der Waals surface area contributed by atoms with Crippen LogP contribution in [-0.2, 0) is 16.0 Å². The van der Waals surface area contributed by atoms with Gasteiger partial charge in [-0.3, -0.25) is 4.79 Å². The lowest BCUT2D eigenvalue weighted by molar-refractivity contribution is -0.120. The Morgan fingerprint density at radius 2 is 2.04 bits per heavy atom. The third-order valence-corrected chi connectivity index (χ3v) is 4.69. The van der Waals surface area contributed by atoms with Gasteiger partial charge in [-0.25, -0.2) is 0 Å². The number of rotatable bonds is 8. The quantitative estimate of drug-likeness (QED) is 0.790. The molecule has 5 heteroatoms. The fourth-order valence-corrected chi connectivity index (χ4v) is 3.17. The van der Waals surface area contributed by atoms with Crippen molar-refractivity contribution >= 4 is 5.91 Å². The number of benzene rings is 1. The third kappa shape index (κ3) is 5.80. The van der Waals surface area contributed by atoms with Gasteiger partial charge in [-0.05, 0) is 44.8 Å². The van der Waals surface area contributed by atoms with Gasteiger partial charge in [0.2, 0.25) is 5.91 Å². The Morgan fingerprint density at radius 3 is 2.71 bits per heavy atom. The van der Waals surface area contributed by atoms with Gasteiger partial charge in [-0.1, -0.05) is 17.7 Å². The Morgan fingerprint density at radius 1 is 1.29 bits per heavy atom. The first-order valence-electron chi connectivity index (χ1n) is 8.74. The van der Waals surface area contributed by atoms with Gasteiger partial charge >= 0.3 is 0 Å². The molecule has 1 aliphatic heterocycles. The predicted octanol–water partition coefficient (Wildman–Crippen LogP) is 2.02. The Kier molecular flexibility index (Phi) is 7.53. The van der Waals surface area contributed by atoms with E-state index in [1.807, 2.05) is 25.1 Å². The van der Waals surface area contributed by atoms with E-state index >= 15 is 0 Å². The van der Waals surface area contributed by atoms with Crippen molar-refractivity contribution < 1.29 is 14.3 Å². The summed E-state index contributed by atoms with van der Waals surface area (Å²) in [4.78, 5) is 14.7. The van der Waals surface area contributed by atoms with Crippen LogP contribution in [0.25, 0.3) is 0 Å². The number of nitrogens with zero attached hydrogens (tertiary/aromatic N) is 1. The van der Waals surface area contributed by atoms with Crippen LogP contribution in [0.4, 0.5) is 0 Å². The van der Waals surface area contributed by atoms with Crippen molar-refractivity contribution in [2.24, 2.45) is 5.92 Å². The average molecular weight is 334 g/mol. The first-order valence-corrected chi connectivity index (χ1v) is 8.74. The molecule has 0 spiro atoms. The SMILES string of the molecule is COCCN1CCC(CNC(=O)Cc2cc(C)ccc2OC)CC1. The molecule has 0 radical (unpaired) electrons. The highest BCUT2D eigenvalue weighted by Gasteiger charge is 2.19. The summed E-state index contributed by atoms with van der Waals surface area (Å²) in [6.07, 6.45) is 2.65. The van der Waals surface area contributed by atoms with Gasteiger partial charge in [0.1, 0.15) is 5.75 Å². The van der Waals surface area contributed by atoms with Crippen LogP contribution in [0.3, 0.4) is 0 Å². The molecule has 1 aromatic carbocycles. The summed E-state index contributed by atoms with van der Waals surface area (Å²) in [6.45, 7) is 6.77. The van der Waals surface area contributed by atoms with E-state index in [0.717, 1.165) is 62.5 Å². The van der Waals surface area contributed by atoms with Crippen molar-refractivity contribution in [3.05, 3.63) is 29.3 Å². The molecule has 0 bridgehead atoms. The summed E-state index contributed by atoms with van der Waals surface area (Å²) in [5.41, 5.74) is 2.09. The van der Waals surface area contributed by atoms with Crippen molar-refractivity contribution in [3.8, 4) is 5.75 Å². The molecule has 1 saturated heterocycles. The predicted molar refractivity (Wildman–Crippen MR) is 95.5 cm³/mol. The summed E-state index contributed by atoms with van der Waals surface area (Å²) in [7, 11) is 3.38. The lowest BCUT2D eigenvalue weighted by atomic mass is 9.96. The Hall–Kier alpha value is -1.59. The summed E-state index contributed by atoms with van der Waals surface area (Å²) < 4.78 is 10.5. The molecule has 1 N–H and O–H groups in total. The number of carbonyl (C=O) groups is 1. The van der Waals surface area contributed by atoms with Gasteiger partial charge in [0.05, 0.1) is 20.1 Å². The van der Waals surface area contributed by atoms with Crippen LogP contribution < -0.4 is 10.1 Å². The van der Waals surface area contributed by atoms with Crippen LogP contribution in [0.1, 0.15) is 24.0 Å². The van der Waals surface area contributed by atoms with Gasteiger partial charge in [0.25, 0.3) is 0 Å². The zero-order valence-electron chi connectivity index (χ0n) is 15.1. The molecule has 1 fully saturated rings. The number of aryl methyl sites for hydroxylation is 1. The zero-order valence-corrected chi connectivity index (χ0v) is 15.1. The van der Waals surface area contributed by atoms with E-state index in [-0.39, 0.29) is 5.91 Å². The lowest BCUT2D eigenvalue weighted by Crippen LogP contribution is -2.40.